The Morgan fingerprint density at radius 3 is 2.28 bits per heavy atom. The van der Waals surface area contributed by atoms with Crippen molar-refractivity contribution in [3.05, 3.63) is 0 Å². The zero-order valence-corrected chi connectivity index (χ0v) is 19.0. The van der Waals surface area contributed by atoms with E-state index in [0.717, 1.165) is 38.0 Å². The predicted molar refractivity (Wildman–Crippen MR) is 112 cm³/mol. The van der Waals surface area contributed by atoms with Crippen LogP contribution in [0.3, 0.4) is 0 Å². The smallest absolute Gasteiger partial charge is 0.309 e. The largest absolute Gasteiger partial charge is 0.459 e. The van der Waals surface area contributed by atoms with Crippen molar-refractivity contribution in [2.24, 2.45) is 41.4 Å². The van der Waals surface area contributed by atoms with Gasteiger partial charge in [-0.05, 0) is 88.4 Å². The maximum Gasteiger partial charge on any atom is 0.309 e. The first-order valence-corrected chi connectivity index (χ1v) is 12.1. The fraction of sp³-hybridized carbons (Fsp3) is 0.920. The summed E-state index contributed by atoms with van der Waals surface area (Å²) in [7, 11) is 0. The molecule has 8 unspecified atom stereocenters. The van der Waals surface area contributed by atoms with E-state index in [2.05, 4.69) is 13.8 Å². The topological polar surface area (TPSA) is 52.6 Å². The summed E-state index contributed by atoms with van der Waals surface area (Å²) >= 11 is 0. The molecule has 4 aliphatic carbocycles. The second kappa shape index (κ2) is 7.57. The van der Waals surface area contributed by atoms with E-state index in [4.69, 9.17) is 9.47 Å². The van der Waals surface area contributed by atoms with Crippen LogP contribution in [0.5, 0.6) is 0 Å². The zero-order valence-electron chi connectivity index (χ0n) is 19.0. The minimum atomic E-state index is -0.353. The molecule has 0 aromatic heterocycles. The maximum atomic E-state index is 13.1. The van der Waals surface area contributed by atoms with Gasteiger partial charge in [0.05, 0.1) is 11.8 Å². The molecule has 4 bridgehead atoms. The van der Waals surface area contributed by atoms with Crippen LogP contribution in [-0.2, 0) is 19.1 Å². The summed E-state index contributed by atoms with van der Waals surface area (Å²) in [4.78, 5) is 25.3. The summed E-state index contributed by atoms with van der Waals surface area (Å²) in [6.45, 7) is 10.1. The third kappa shape index (κ3) is 3.74. The van der Waals surface area contributed by atoms with Crippen molar-refractivity contribution in [2.75, 3.05) is 0 Å². The molecular weight excluding hydrogens is 364 g/mol. The summed E-state index contributed by atoms with van der Waals surface area (Å²) in [5, 5.41) is 0. The van der Waals surface area contributed by atoms with Gasteiger partial charge in [0.1, 0.15) is 11.2 Å². The number of ether oxygens (including phenoxy) is 2. The first kappa shape index (κ1) is 21.2. The molecule has 164 valence electrons. The van der Waals surface area contributed by atoms with E-state index < -0.39 is 0 Å². The number of rotatable bonds is 7. The SMILES string of the molecule is CCC1(OC(=O)C(C)CC2CC3CC2C(C)(OC(=O)C(C)C)C3)CC2CCC1C2. The first-order chi connectivity index (χ1) is 13.7. The number of hydrogen-bond acceptors (Lipinski definition) is 4. The van der Waals surface area contributed by atoms with Crippen LogP contribution in [0.15, 0.2) is 0 Å². The third-order valence-corrected chi connectivity index (χ3v) is 8.96. The summed E-state index contributed by atoms with van der Waals surface area (Å²) in [5.41, 5.74) is -0.544. The van der Waals surface area contributed by atoms with Gasteiger partial charge in [0, 0.05) is 5.92 Å². The van der Waals surface area contributed by atoms with Crippen molar-refractivity contribution in [1.82, 2.24) is 0 Å². The average Bonchev–Trinajstić information content (AvgIpc) is 3.41. The van der Waals surface area contributed by atoms with Gasteiger partial charge < -0.3 is 9.47 Å². The van der Waals surface area contributed by atoms with Crippen molar-refractivity contribution >= 4 is 11.9 Å². The molecule has 0 aliphatic heterocycles. The van der Waals surface area contributed by atoms with E-state index in [1.165, 1.54) is 25.7 Å². The van der Waals surface area contributed by atoms with E-state index in [1.807, 2.05) is 20.8 Å². The first-order valence-electron chi connectivity index (χ1n) is 12.1. The molecule has 0 amide bonds. The molecule has 0 heterocycles. The molecule has 4 aliphatic rings. The molecule has 4 heteroatoms. The van der Waals surface area contributed by atoms with Gasteiger partial charge in [-0.1, -0.05) is 27.7 Å². The number of carbonyl (C=O) groups is 2. The van der Waals surface area contributed by atoms with E-state index >= 15 is 0 Å². The van der Waals surface area contributed by atoms with Crippen LogP contribution in [0, 0.1) is 41.4 Å². The predicted octanol–water partition coefficient (Wildman–Crippen LogP) is 5.53. The molecule has 0 aromatic carbocycles. The Bertz CT molecular complexity index is 657. The number of hydrogen-bond donors (Lipinski definition) is 0. The molecule has 4 saturated carbocycles. The summed E-state index contributed by atoms with van der Waals surface area (Å²) < 4.78 is 12.2. The Hall–Kier alpha value is -1.06. The second-order valence-electron chi connectivity index (χ2n) is 11.4. The molecular formula is C25H40O4. The number of fused-ring (bicyclic) bond motifs is 4. The quantitative estimate of drug-likeness (QED) is 0.524. The standard InChI is InChI=1S/C25H40O4/c1-6-25(14-17-7-8-20(25)11-17)29-23(27)16(4)9-19-10-18-12-21(19)24(5,13-18)28-22(26)15(2)3/h15-21H,6-14H2,1-5H3. The summed E-state index contributed by atoms with van der Waals surface area (Å²) in [6.07, 6.45) is 9.97. The Morgan fingerprint density at radius 2 is 1.72 bits per heavy atom. The zero-order chi connectivity index (χ0) is 21.0. The van der Waals surface area contributed by atoms with Crippen LogP contribution in [0.2, 0.25) is 0 Å². The highest BCUT2D eigenvalue weighted by Crippen LogP contribution is 2.58. The normalized spacial score (nSPS) is 43.7. The highest BCUT2D eigenvalue weighted by Gasteiger charge is 2.56. The fourth-order valence-corrected chi connectivity index (χ4v) is 7.48. The van der Waals surface area contributed by atoms with Crippen LogP contribution in [0.25, 0.3) is 0 Å². The highest BCUT2D eigenvalue weighted by molar-refractivity contribution is 5.73. The van der Waals surface area contributed by atoms with Crippen LogP contribution >= 0.6 is 0 Å². The molecule has 0 N–H and O–H groups in total. The Balaban J connectivity index is 1.36. The molecule has 0 saturated heterocycles. The molecule has 29 heavy (non-hydrogen) atoms. The van der Waals surface area contributed by atoms with Crippen LogP contribution < -0.4 is 0 Å². The minimum absolute atomic E-state index is 0.00283. The maximum absolute atomic E-state index is 13.1. The van der Waals surface area contributed by atoms with E-state index in [-0.39, 0.29) is 35.0 Å². The summed E-state index contributed by atoms with van der Waals surface area (Å²) in [5.74, 6) is 2.56. The second-order valence-corrected chi connectivity index (χ2v) is 11.4. The lowest BCUT2D eigenvalue weighted by Gasteiger charge is -2.40. The van der Waals surface area contributed by atoms with Crippen molar-refractivity contribution in [1.29, 1.82) is 0 Å². The van der Waals surface area contributed by atoms with Gasteiger partial charge in [-0.15, -0.1) is 0 Å². The van der Waals surface area contributed by atoms with Gasteiger partial charge >= 0.3 is 11.9 Å². The lowest BCUT2D eigenvalue weighted by Crippen LogP contribution is -2.43. The molecule has 4 nitrogen and oxygen atoms in total. The molecule has 4 rings (SSSR count). The molecule has 0 spiro atoms. The van der Waals surface area contributed by atoms with E-state index in [1.54, 1.807) is 0 Å². The van der Waals surface area contributed by atoms with Crippen LogP contribution in [-0.4, -0.2) is 23.1 Å². The molecule has 0 aromatic rings. The Kier molecular flexibility index (Phi) is 5.53. The number of esters is 2. The van der Waals surface area contributed by atoms with Crippen molar-refractivity contribution in [2.45, 2.75) is 104 Å². The Labute approximate surface area is 176 Å². The van der Waals surface area contributed by atoms with E-state index in [9.17, 15) is 9.59 Å². The van der Waals surface area contributed by atoms with Crippen LogP contribution in [0.4, 0.5) is 0 Å². The van der Waals surface area contributed by atoms with Crippen LogP contribution in [0.1, 0.15) is 92.4 Å². The lowest BCUT2D eigenvalue weighted by molar-refractivity contribution is -0.175. The highest BCUT2D eigenvalue weighted by atomic mass is 16.6. The Morgan fingerprint density at radius 1 is 0.966 bits per heavy atom. The molecule has 8 atom stereocenters. The number of carbonyl (C=O) groups excluding carboxylic acids is 2. The van der Waals surface area contributed by atoms with Crippen molar-refractivity contribution in [3.63, 3.8) is 0 Å². The van der Waals surface area contributed by atoms with Crippen molar-refractivity contribution in [3.8, 4) is 0 Å². The third-order valence-electron chi connectivity index (χ3n) is 8.96. The van der Waals surface area contributed by atoms with Gasteiger partial charge in [-0.3, -0.25) is 9.59 Å². The average molecular weight is 405 g/mol. The summed E-state index contributed by atoms with van der Waals surface area (Å²) in [6, 6.07) is 0. The molecule has 4 fully saturated rings. The lowest BCUT2D eigenvalue weighted by atomic mass is 9.74. The fourth-order valence-electron chi connectivity index (χ4n) is 7.48. The monoisotopic (exact) mass is 404 g/mol. The van der Waals surface area contributed by atoms with Gasteiger partial charge in [-0.25, -0.2) is 0 Å². The van der Waals surface area contributed by atoms with E-state index in [0.29, 0.717) is 23.7 Å². The van der Waals surface area contributed by atoms with Gasteiger partial charge in [-0.2, -0.15) is 0 Å². The van der Waals surface area contributed by atoms with Crippen molar-refractivity contribution < 1.29 is 19.1 Å². The van der Waals surface area contributed by atoms with Gasteiger partial charge in [0.15, 0.2) is 0 Å². The minimum Gasteiger partial charge on any atom is -0.459 e. The van der Waals surface area contributed by atoms with Gasteiger partial charge in [0.2, 0.25) is 0 Å². The van der Waals surface area contributed by atoms with Gasteiger partial charge in [0.25, 0.3) is 0 Å². The molecule has 0 radical (unpaired) electrons.